The highest BCUT2D eigenvalue weighted by Crippen LogP contribution is 2.36. The van der Waals surface area contributed by atoms with Crippen molar-refractivity contribution in [2.24, 2.45) is 5.10 Å². The third-order valence-electron chi connectivity index (χ3n) is 5.80. The number of aromatic nitrogens is 1. The number of hydrogen-bond donors (Lipinski definition) is 1. The predicted octanol–water partition coefficient (Wildman–Crippen LogP) is 5.78. The molecule has 1 aromatic heterocycles. The molecule has 0 saturated heterocycles. The molecule has 2 atom stereocenters. The van der Waals surface area contributed by atoms with Crippen molar-refractivity contribution in [1.29, 1.82) is 0 Å². The average Bonchev–Trinajstić information content (AvgIpc) is 2.92. The molecule has 1 N–H and O–H groups in total. The van der Waals surface area contributed by atoms with Crippen LogP contribution in [0.4, 0.5) is 13.6 Å². The van der Waals surface area contributed by atoms with Crippen LogP contribution in [-0.2, 0) is 0 Å². The third kappa shape index (κ3) is 6.10. The van der Waals surface area contributed by atoms with Crippen LogP contribution in [0.25, 0.3) is 0 Å². The lowest BCUT2D eigenvalue weighted by atomic mass is 10.0. The summed E-state index contributed by atoms with van der Waals surface area (Å²) in [7, 11) is 1.35. The number of nitrogens with zero attached hydrogens (tertiary/aromatic N) is 3. The maximum Gasteiger partial charge on any atom is 0.387 e. The molecule has 2 amide bonds. The number of thioether (sulfide) groups is 1. The smallest absolute Gasteiger partial charge is 0.387 e. The lowest BCUT2D eigenvalue weighted by molar-refractivity contribution is -0.0512. The van der Waals surface area contributed by atoms with Gasteiger partial charge in [0.25, 0.3) is 5.91 Å². The third-order valence-corrected chi connectivity index (χ3v) is 7.03. The first-order valence-electron chi connectivity index (χ1n) is 11.8. The Morgan fingerprint density at radius 2 is 1.89 bits per heavy atom. The second-order valence-corrected chi connectivity index (χ2v) is 9.51. The number of halogens is 2. The fraction of sp³-hybridized carbons (Fsp3) is 0.259. The Bertz CT molecular complexity index is 1320. The standard InChI is InChI=1S/C27H26F2N4O4S/c1-4-22-23(18-12-13-20(37-26(28)29)21(15-18)36-3)32-33(27(35)38-22)24(17-10-8-16(2)9-11-17)31-25(34)19-7-5-6-14-30-19/h5-15,22,24,26H,4H2,1-3H3,(H,31,34). The summed E-state index contributed by atoms with van der Waals surface area (Å²) in [5, 5.41) is 8.15. The van der Waals surface area contributed by atoms with Gasteiger partial charge >= 0.3 is 11.9 Å². The van der Waals surface area contributed by atoms with E-state index >= 15 is 0 Å². The van der Waals surface area contributed by atoms with Crippen LogP contribution in [0.2, 0.25) is 0 Å². The second-order valence-electron chi connectivity index (χ2n) is 8.36. The lowest BCUT2D eigenvalue weighted by Crippen LogP contribution is -2.44. The molecular weight excluding hydrogens is 514 g/mol. The Kier molecular flexibility index (Phi) is 8.57. The van der Waals surface area contributed by atoms with E-state index in [1.54, 1.807) is 30.3 Å². The number of benzene rings is 2. The molecule has 1 aliphatic rings. The van der Waals surface area contributed by atoms with Gasteiger partial charge in [-0.25, -0.2) is 0 Å². The fourth-order valence-corrected chi connectivity index (χ4v) is 4.85. The molecule has 4 rings (SSSR count). The highest BCUT2D eigenvalue weighted by molar-refractivity contribution is 8.14. The molecule has 0 aliphatic carbocycles. The Morgan fingerprint density at radius 1 is 1.13 bits per heavy atom. The summed E-state index contributed by atoms with van der Waals surface area (Å²) >= 11 is 1.07. The minimum absolute atomic E-state index is 0.104. The molecule has 0 bridgehead atoms. The molecule has 2 aromatic carbocycles. The molecule has 3 aromatic rings. The second kappa shape index (κ2) is 12.0. The van der Waals surface area contributed by atoms with Gasteiger partial charge in [0.1, 0.15) is 5.69 Å². The van der Waals surface area contributed by atoms with Gasteiger partial charge in [-0.15, -0.1) is 0 Å². The molecule has 8 nitrogen and oxygen atoms in total. The van der Waals surface area contributed by atoms with Crippen molar-refractivity contribution in [3.63, 3.8) is 0 Å². The number of amides is 2. The van der Waals surface area contributed by atoms with E-state index in [9.17, 15) is 18.4 Å². The first kappa shape index (κ1) is 27.1. The van der Waals surface area contributed by atoms with Crippen molar-refractivity contribution < 1.29 is 27.8 Å². The van der Waals surface area contributed by atoms with Crippen LogP contribution in [0.15, 0.2) is 72.0 Å². The van der Waals surface area contributed by atoms with Crippen LogP contribution in [0, 0.1) is 6.92 Å². The van der Waals surface area contributed by atoms with Gasteiger partial charge in [0.05, 0.1) is 18.1 Å². The molecule has 11 heteroatoms. The van der Waals surface area contributed by atoms with E-state index < -0.39 is 18.7 Å². The summed E-state index contributed by atoms with van der Waals surface area (Å²) in [4.78, 5) is 30.5. The molecule has 0 radical (unpaired) electrons. The summed E-state index contributed by atoms with van der Waals surface area (Å²) in [6.45, 7) is 0.846. The molecule has 38 heavy (non-hydrogen) atoms. The van der Waals surface area contributed by atoms with Gasteiger partial charge in [-0.05, 0) is 49.2 Å². The number of pyridine rings is 1. The van der Waals surface area contributed by atoms with Crippen molar-refractivity contribution in [2.75, 3.05) is 7.11 Å². The summed E-state index contributed by atoms with van der Waals surface area (Å²) < 4.78 is 35.4. The fourth-order valence-electron chi connectivity index (χ4n) is 3.89. The van der Waals surface area contributed by atoms with E-state index in [0.717, 1.165) is 17.3 Å². The van der Waals surface area contributed by atoms with Crippen molar-refractivity contribution in [1.82, 2.24) is 15.3 Å². The number of alkyl halides is 2. The van der Waals surface area contributed by atoms with Crippen LogP contribution in [0.5, 0.6) is 11.5 Å². The predicted molar refractivity (Wildman–Crippen MR) is 141 cm³/mol. The maximum atomic E-state index is 13.3. The molecule has 2 unspecified atom stereocenters. The SMILES string of the molecule is CCC1SC(=O)N(C(NC(=O)c2ccccn2)c2ccc(C)cc2)N=C1c1ccc(OC(F)F)c(OC)c1. The number of rotatable bonds is 9. The largest absolute Gasteiger partial charge is 0.493 e. The van der Waals surface area contributed by atoms with Crippen LogP contribution >= 0.6 is 11.8 Å². The van der Waals surface area contributed by atoms with Gasteiger partial charge in [0.15, 0.2) is 17.7 Å². The molecule has 1 aliphatic heterocycles. The van der Waals surface area contributed by atoms with Crippen LogP contribution < -0.4 is 14.8 Å². The van der Waals surface area contributed by atoms with Crippen LogP contribution in [0.1, 0.15) is 46.7 Å². The van der Waals surface area contributed by atoms with Crippen molar-refractivity contribution in [3.05, 3.63) is 89.2 Å². The van der Waals surface area contributed by atoms with E-state index in [2.05, 4.69) is 15.0 Å². The van der Waals surface area contributed by atoms with Gasteiger partial charge < -0.3 is 14.8 Å². The molecular formula is C27H26F2N4O4S. The van der Waals surface area contributed by atoms with Gasteiger partial charge in [-0.1, -0.05) is 54.6 Å². The van der Waals surface area contributed by atoms with E-state index in [0.29, 0.717) is 23.3 Å². The summed E-state index contributed by atoms with van der Waals surface area (Å²) in [5.74, 6) is -0.484. The van der Waals surface area contributed by atoms with E-state index in [-0.39, 0.29) is 27.7 Å². The number of ether oxygens (including phenoxy) is 2. The zero-order valence-corrected chi connectivity index (χ0v) is 21.7. The maximum absolute atomic E-state index is 13.3. The topological polar surface area (TPSA) is 93.1 Å². The van der Waals surface area contributed by atoms with Gasteiger partial charge in [0, 0.05) is 11.8 Å². The van der Waals surface area contributed by atoms with Crippen molar-refractivity contribution in [3.8, 4) is 11.5 Å². The summed E-state index contributed by atoms with van der Waals surface area (Å²) in [5.41, 5.74) is 2.94. The highest BCUT2D eigenvalue weighted by Gasteiger charge is 2.36. The molecule has 0 spiro atoms. The van der Waals surface area contributed by atoms with Gasteiger partial charge in [-0.2, -0.15) is 18.9 Å². The van der Waals surface area contributed by atoms with Gasteiger partial charge in [-0.3, -0.25) is 14.6 Å². The van der Waals surface area contributed by atoms with E-state index in [1.165, 1.54) is 24.4 Å². The van der Waals surface area contributed by atoms with E-state index in [1.807, 2.05) is 38.1 Å². The first-order chi connectivity index (χ1) is 18.3. The van der Waals surface area contributed by atoms with Crippen LogP contribution in [0.3, 0.4) is 0 Å². The number of methoxy groups -OCH3 is 1. The summed E-state index contributed by atoms with van der Waals surface area (Å²) in [6.07, 6.45) is 1.16. The number of nitrogens with one attached hydrogen (secondary N) is 1. The van der Waals surface area contributed by atoms with Crippen molar-refractivity contribution in [2.45, 2.75) is 38.3 Å². The zero-order valence-electron chi connectivity index (χ0n) is 20.9. The Balaban J connectivity index is 1.77. The quantitative estimate of drug-likeness (QED) is 0.370. The first-order valence-corrected chi connectivity index (χ1v) is 12.7. The molecule has 0 saturated carbocycles. The highest BCUT2D eigenvalue weighted by atomic mass is 32.2. The monoisotopic (exact) mass is 540 g/mol. The number of aryl methyl sites for hydroxylation is 1. The number of carbonyl (C=O) groups is 2. The number of hydrazone groups is 1. The minimum atomic E-state index is -3.01. The lowest BCUT2D eigenvalue weighted by Gasteiger charge is -2.34. The summed E-state index contributed by atoms with van der Waals surface area (Å²) in [6, 6.07) is 16.9. The average molecular weight is 541 g/mol. The normalized spacial score (nSPS) is 16.2. The Labute approximate surface area is 223 Å². The Hall–Kier alpha value is -3.99. The van der Waals surface area contributed by atoms with E-state index in [4.69, 9.17) is 9.84 Å². The number of carbonyl (C=O) groups excluding carboxylic acids is 2. The molecule has 198 valence electrons. The van der Waals surface area contributed by atoms with Crippen molar-refractivity contribution >= 4 is 28.6 Å². The zero-order chi connectivity index (χ0) is 27.2. The minimum Gasteiger partial charge on any atom is -0.493 e. The van der Waals surface area contributed by atoms with Crippen LogP contribution in [-0.4, -0.2) is 45.8 Å². The molecule has 0 fully saturated rings. The molecule has 2 heterocycles. The number of hydrogen-bond acceptors (Lipinski definition) is 7. The van der Waals surface area contributed by atoms with Gasteiger partial charge in [0.2, 0.25) is 0 Å². The Morgan fingerprint density at radius 3 is 2.53 bits per heavy atom.